The molecule has 1 nitrogen and oxygen atoms in total. The molecule has 1 fully saturated rings. The Morgan fingerprint density at radius 3 is 2.53 bits per heavy atom. The minimum atomic E-state index is 0.135. The van der Waals surface area contributed by atoms with Crippen LogP contribution >= 0.6 is 15.9 Å². The van der Waals surface area contributed by atoms with Crippen LogP contribution in [0.25, 0.3) is 0 Å². The molecule has 0 spiro atoms. The van der Waals surface area contributed by atoms with Crippen LogP contribution in [0.3, 0.4) is 0 Å². The summed E-state index contributed by atoms with van der Waals surface area (Å²) in [6, 6.07) is 0. The molecular formula is C13H25BrO. The molecular weight excluding hydrogens is 252 g/mol. The number of ether oxygens (including phenoxy) is 1. The third-order valence-electron chi connectivity index (χ3n) is 3.28. The largest absolute Gasteiger partial charge is 0.372 e. The molecule has 0 aliphatic carbocycles. The Balaban J connectivity index is 2.11. The molecule has 1 heterocycles. The Morgan fingerprint density at radius 2 is 2.07 bits per heavy atom. The van der Waals surface area contributed by atoms with Crippen molar-refractivity contribution in [1.29, 1.82) is 0 Å². The highest BCUT2D eigenvalue weighted by atomic mass is 79.9. The zero-order valence-corrected chi connectivity index (χ0v) is 12.1. The molecule has 90 valence electrons. The summed E-state index contributed by atoms with van der Waals surface area (Å²) in [6.45, 7) is 8.95. The van der Waals surface area contributed by atoms with Crippen LogP contribution in [0.4, 0.5) is 0 Å². The van der Waals surface area contributed by atoms with Gasteiger partial charge in [0.1, 0.15) is 0 Å². The summed E-state index contributed by atoms with van der Waals surface area (Å²) < 4.78 is 5.98. The van der Waals surface area contributed by atoms with E-state index in [1.807, 2.05) is 0 Å². The highest BCUT2D eigenvalue weighted by Gasteiger charge is 2.31. The van der Waals surface area contributed by atoms with Gasteiger partial charge in [-0.1, -0.05) is 29.8 Å². The van der Waals surface area contributed by atoms with Crippen LogP contribution in [0, 0.1) is 5.92 Å². The molecule has 0 aromatic rings. The predicted molar refractivity (Wildman–Crippen MR) is 69.6 cm³/mol. The second-order valence-electron chi connectivity index (χ2n) is 5.73. The van der Waals surface area contributed by atoms with Gasteiger partial charge in [0.25, 0.3) is 0 Å². The summed E-state index contributed by atoms with van der Waals surface area (Å²) in [5.41, 5.74) is 0.135. The van der Waals surface area contributed by atoms with E-state index in [0.717, 1.165) is 5.92 Å². The van der Waals surface area contributed by atoms with E-state index in [1.54, 1.807) is 0 Å². The lowest BCUT2D eigenvalue weighted by Gasteiger charge is -2.20. The maximum absolute atomic E-state index is 5.98. The lowest BCUT2D eigenvalue weighted by molar-refractivity contribution is -0.0191. The van der Waals surface area contributed by atoms with Gasteiger partial charge in [-0.25, -0.2) is 0 Å². The first-order chi connectivity index (χ1) is 6.91. The minimum Gasteiger partial charge on any atom is -0.372 e. The summed E-state index contributed by atoms with van der Waals surface area (Å²) in [7, 11) is 0. The van der Waals surface area contributed by atoms with Crippen LogP contribution < -0.4 is 0 Å². The van der Waals surface area contributed by atoms with Gasteiger partial charge in [-0.05, 0) is 51.9 Å². The second-order valence-corrected chi connectivity index (χ2v) is 6.91. The van der Waals surface area contributed by atoms with E-state index in [2.05, 4.69) is 43.6 Å². The lowest BCUT2D eigenvalue weighted by Crippen LogP contribution is -2.20. The summed E-state index contributed by atoms with van der Waals surface area (Å²) in [5, 5.41) is 0. The van der Waals surface area contributed by atoms with Crippen molar-refractivity contribution in [3.63, 3.8) is 0 Å². The number of halogens is 1. The number of hydrogen-bond acceptors (Lipinski definition) is 1. The molecule has 0 saturated carbocycles. The third kappa shape index (κ3) is 4.86. The molecule has 0 aromatic carbocycles. The Bertz CT molecular complexity index is 189. The molecule has 0 N–H and O–H groups in total. The van der Waals surface area contributed by atoms with Crippen molar-refractivity contribution in [2.24, 2.45) is 5.92 Å². The van der Waals surface area contributed by atoms with Gasteiger partial charge < -0.3 is 4.74 Å². The normalized spacial score (nSPS) is 27.2. The van der Waals surface area contributed by atoms with Crippen molar-refractivity contribution < 1.29 is 4.74 Å². The van der Waals surface area contributed by atoms with E-state index in [9.17, 15) is 0 Å². The van der Waals surface area contributed by atoms with Crippen LogP contribution in [0.2, 0.25) is 0 Å². The molecule has 0 bridgehead atoms. The third-order valence-corrected chi connectivity index (χ3v) is 4.80. The topological polar surface area (TPSA) is 9.23 Å². The molecule has 0 aromatic heterocycles. The highest BCUT2D eigenvalue weighted by Crippen LogP contribution is 2.32. The maximum atomic E-state index is 5.98. The molecule has 2 atom stereocenters. The minimum absolute atomic E-state index is 0.135. The molecule has 1 rings (SSSR count). The quantitative estimate of drug-likeness (QED) is 0.671. The van der Waals surface area contributed by atoms with Gasteiger partial charge in [0.05, 0.1) is 11.7 Å². The molecule has 1 saturated heterocycles. The average Bonchev–Trinajstić information content (AvgIpc) is 2.45. The van der Waals surface area contributed by atoms with Gasteiger partial charge >= 0.3 is 0 Å². The van der Waals surface area contributed by atoms with Crippen molar-refractivity contribution in [2.75, 3.05) is 0 Å². The first-order valence-corrected chi connectivity index (χ1v) is 7.14. The van der Waals surface area contributed by atoms with E-state index in [0.29, 0.717) is 10.9 Å². The standard InChI is InChI=1S/C13H25BrO/c1-10(2)12(14)7-5-6-11-8-9-13(3,4)15-11/h10-12H,5-9H2,1-4H3. The van der Waals surface area contributed by atoms with Gasteiger partial charge in [0.2, 0.25) is 0 Å². The second kappa shape index (κ2) is 5.67. The average molecular weight is 277 g/mol. The zero-order valence-electron chi connectivity index (χ0n) is 10.6. The predicted octanol–water partition coefficient (Wildman–Crippen LogP) is 4.53. The fourth-order valence-electron chi connectivity index (χ4n) is 2.15. The fourth-order valence-corrected chi connectivity index (χ4v) is 2.48. The van der Waals surface area contributed by atoms with Gasteiger partial charge in [0.15, 0.2) is 0 Å². The molecule has 1 aliphatic heterocycles. The molecule has 0 radical (unpaired) electrons. The van der Waals surface area contributed by atoms with Gasteiger partial charge in [-0.2, -0.15) is 0 Å². The van der Waals surface area contributed by atoms with Gasteiger partial charge in [-0.3, -0.25) is 0 Å². The summed E-state index contributed by atoms with van der Waals surface area (Å²) >= 11 is 3.73. The Labute approximate surface area is 103 Å². The van der Waals surface area contributed by atoms with Gasteiger partial charge in [-0.15, -0.1) is 0 Å². The summed E-state index contributed by atoms with van der Waals surface area (Å²) in [6.07, 6.45) is 6.79. The van der Waals surface area contributed by atoms with E-state index >= 15 is 0 Å². The Kier molecular flexibility index (Phi) is 5.11. The van der Waals surface area contributed by atoms with Crippen LogP contribution in [-0.2, 0) is 4.74 Å². The van der Waals surface area contributed by atoms with Crippen LogP contribution in [-0.4, -0.2) is 16.5 Å². The smallest absolute Gasteiger partial charge is 0.0631 e. The Morgan fingerprint density at radius 1 is 1.40 bits per heavy atom. The van der Waals surface area contributed by atoms with E-state index in [1.165, 1.54) is 32.1 Å². The van der Waals surface area contributed by atoms with E-state index < -0.39 is 0 Å². The monoisotopic (exact) mass is 276 g/mol. The highest BCUT2D eigenvalue weighted by molar-refractivity contribution is 9.09. The zero-order chi connectivity index (χ0) is 11.5. The van der Waals surface area contributed by atoms with Crippen LogP contribution in [0.5, 0.6) is 0 Å². The van der Waals surface area contributed by atoms with Crippen molar-refractivity contribution in [1.82, 2.24) is 0 Å². The number of alkyl halides is 1. The molecule has 2 unspecified atom stereocenters. The Hall–Kier alpha value is 0.440. The van der Waals surface area contributed by atoms with Crippen molar-refractivity contribution in [3.05, 3.63) is 0 Å². The van der Waals surface area contributed by atoms with Crippen molar-refractivity contribution in [3.8, 4) is 0 Å². The molecule has 15 heavy (non-hydrogen) atoms. The first-order valence-electron chi connectivity index (χ1n) is 6.22. The molecule has 0 amide bonds. The van der Waals surface area contributed by atoms with E-state index in [4.69, 9.17) is 4.74 Å². The summed E-state index contributed by atoms with van der Waals surface area (Å²) in [5.74, 6) is 0.742. The van der Waals surface area contributed by atoms with Crippen molar-refractivity contribution in [2.45, 2.75) is 76.3 Å². The summed E-state index contributed by atoms with van der Waals surface area (Å²) in [4.78, 5) is 0.673. The SMILES string of the molecule is CC(C)C(Br)CCCC1CCC(C)(C)O1. The fraction of sp³-hybridized carbons (Fsp3) is 1.00. The number of hydrogen-bond donors (Lipinski definition) is 0. The maximum Gasteiger partial charge on any atom is 0.0631 e. The molecule has 2 heteroatoms. The number of rotatable bonds is 5. The van der Waals surface area contributed by atoms with Crippen LogP contribution in [0.1, 0.15) is 59.8 Å². The lowest BCUT2D eigenvalue weighted by atomic mass is 10.0. The molecule has 1 aliphatic rings. The van der Waals surface area contributed by atoms with E-state index in [-0.39, 0.29) is 5.60 Å². The van der Waals surface area contributed by atoms with Crippen LogP contribution in [0.15, 0.2) is 0 Å². The first kappa shape index (κ1) is 13.5. The van der Waals surface area contributed by atoms with Crippen molar-refractivity contribution >= 4 is 15.9 Å². The van der Waals surface area contributed by atoms with Gasteiger partial charge in [0, 0.05) is 4.83 Å².